The highest BCUT2D eigenvalue weighted by atomic mass is 16.5. The molecule has 0 aliphatic carbocycles. The van der Waals surface area contributed by atoms with Crippen molar-refractivity contribution in [1.82, 2.24) is 10.3 Å². The van der Waals surface area contributed by atoms with Gasteiger partial charge in [0.1, 0.15) is 0 Å². The van der Waals surface area contributed by atoms with Crippen molar-refractivity contribution in [2.75, 3.05) is 13.7 Å². The van der Waals surface area contributed by atoms with E-state index in [9.17, 15) is 4.79 Å². The van der Waals surface area contributed by atoms with Gasteiger partial charge >= 0.3 is 5.97 Å². The third kappa shape index (κ3) is 4.40. The summed E-state index contributed by atoms with van der Waals surface area (Å²) in [6.07, 6.45) is 2.66. The van der Waals surface area contributed by atoms with E-state index in [-0.39, 0.29) is 12.5 Å². The minimum atomic E-state index is -0.825. The van der Waals surface area contributed by atoms with Gasteiger partial charge in [-0.2, -0.15) is 0 Å². The SMILES string of the molecule is CCCNC(CC(=O)O)c1ccc(OC)nc1. The first-order chi connectivity index (χ1) is 8.17. The number of hydrogen-bond donors (Lipinski definition) is 2. The molecule has 0 saturated heterocycles. The molecule has 0 amide bonds. The van der Waals surface area contributed by atoms with Crippen LogP contribution < -0.4 is 10.1 Å². The normalized spacial score (nSPS) is 12.1. The third-order valence-electron chi connectivity index (χ3n) is 2.39. The topological polar surface area (TPSA) is 71.5 Å². The van der Waals surface area contributed by atoms with E-state index in [1.807, 2.05) is 13.0 Å². The lowest BCUT2D eigenvalue weighted by atomic mass is 10.1. The molecule has 2 N–H and O–H groups in total. The molecule has 0 fully saturated rings. The van der Waals surface area contributed by atoms with E-state index in [0.29, 0.717) is 5.88 Å². The zero-order valence-electron chi connectivity index (χ0n) is 10.1. The summed E-state index contributed by atoms with van der Waals surface area (Å²) in [6, 6.07) is 3.37. The van der Waals surface area contributed by atoms with Gasteiger partial charge in [-0.1, -0.05) is 13.0 Å². The number of rotatable bonds is 7. The molecule has 17 heavy (non-hydrogen) atoms. The van der Waals surface area contributed by atoms with Gasteiger partial charge in [0.05, 0.1) is 13.5 Å². The second kappa shape index (κ2) is 6.85. The van der Waals surface area contributed by atoms with Crippen molar-refractivity contribution in [3.63, 3.8) is 0 Å². The Morgan fingerprint density at radius 3 is 2.82 bits per heavy atom. The van der Waals surface area contributed by atoms with Gasteiger partial charge in [-0.25, -0.2) is 4.98 Å². The van der Waals surface area contributed by atoms with Crippen LogP contribution in [0.2, 0.25) is 0 Å². The van der Waals surface area contributed by atoms with Crippen molar-refractivity contribution in [1.29, 1.82) is 0 Å². The molecular weight excluding hydrogens is 220 g/mol. The number of methoxy groups -OCH3 is 1. The fourth-order valence-corrected chi connectivity index (χ4v) is 1.52. The molecule has 0 saturated carbocycles. The van der Waals surface area contributed by atoms with E-state index in [0.717, 1.165) is 18.5 Å². The summed E-state index contributed by atoms with van der Waals surface area (Å²) in [5.74, 6) is -0.298. The van der Waals surface area contributed by atoms with Crippen LogP contribution in [0.4, 0.5) is 0 Å². The maximum absolute atomic E-state index is 10.8. The molecule has 0 aromatic carbocycles. The minimum Gasteiger partial charge on any atom is -0.481 e. The van der Waals surface area contributed by atoms with Gasteiger partial charge in [-0.3, -0.25) is 4.79 Å². The Kier molecular flexibility index (Phi) is 5.42. The second-order valence-corrected chi connectivity index (χ2v) is 3.74. The number of aliphatic carboxylic acids is 1. The number of nitrogens with zero attached hydrogens (tertiary/aromatic N) is 1. The molecule has 1 aromatic rings. The fraction of sp³-hybridized carbons (Fsp3) is 0.500. The maximum Gasteiger partial charge on any atom is 0.305 e. The van der Waals surface area contributed by atoms with Crippen molar-refractivity contribution in [3.05, 3.63) is 23.9 Å². The highest BCUT2D eigenvalue weighted by Crippen LogP contribution is 2.18. The van der Waals surface area contributed by atoms with Gasteiger partial charge in [0.15, 0.2) is 0 Å². The number of carbonyl (C=O) groups is 1. The first kappa shape index (κ1) is 13.4. The number of carboxylic acids is 1. The summed E-state index contributed by atoms with van der Waals surface area (Å²) in [5.41, 5.74) is 0.863. The van der Waals surface area contributed by atoms with Crippen LogP contribution in [0.5, 0.6) is 5.88 Å². The summed E-state index contributed by atoms with van der Waals surface area (Å²) >= 11 is 0. The number of aromatic nitrogens is 1. The van der Waals surface area contributed by atoms with Gasteiger partial charge in [0, 0.05) is 18.3 Å². The summed E-state index contributed by atoms with van der Waals surface area (Å²) in [6.45, 7) is 2.82. The van der Waals surface area contributed by atoms with E-state index < -0.39 is 5.97 Å². The standard InChI is InChI=1S/C12H18N2O3/c1-3-6-13-10(7-12(15)16)9-4-5-11(17-2)14-8-9/h4-5,8,10,13H,3,6-7H2,1-2H3,(H,15,16). The van der Waals surface area contributed by atoms with Crippen LogP contribution in [0.25, 0.3) is 0 Å². The quantitative estimate of drug-likeness (QED) is 0.755. The number of pyridine rings is 1. The molecule has 1 unspecified atom stereocenters. The molecular formula is C12H18N2O3. The molecule has 0 spiro atoms. The van der Waals surface area contributed by atoms with Crippen molar-refractivity contribution in [2.45, 2.75) is 25.8 Å². The molecule has 5 nitrogen and oxygen atoms in total. The highest BCUT2D eigenvalue weighted by Gasteiger charge is 2.14. The van der Waals surface area contributed by atoms with E-state index in [1.54, 1.807) is 19.4 Å². The van der Waals surface area contributed by atoms with Crippen LogP contribution in [-0.2, 0) is 4.79 Å². The lowest BCUT2D eigenvalue weighted by Crippen LogP contribution is -2.24. The summed E-state index contributed by atoms with van der Waals surface area (Å²) in [5, 5.41) is 12.1. The van der Waals surface area contributed by atoms with Gasteiger partial charge in [-0.05, 0) is 18.5 Å². The molecule has 5 heteroatoms. The molecule has 0 bridgehead atoms. The van der Waals surface area contributed by atoms with Crippen molar-refractivity contribution in [3.8, 4) is 5.88 Å². The largest absolute Gasteiger partial charge is 0.481 e. The van der Waals surface area contributed by atoms with E-state index in [1.165, 1.54) is 0 Å². The zero-order chi connectivity index (χ0) is 12.7. The predicted molar refractivity (Wildman–Crippen MR) is 64.1 cm³/mol. The molecule has 94 valence electrons. The number of ether oxygens (including phenoxy) is 1. The first-order valence-corrected chi connectivity index (χ1v) is 5.62. The second-order valence-electron chi connectivity index (χ2n) is 3.74. The number of hydrogen-bond acceptors (Lipinski definition) is 4. The zero-order valence-corrected chi connectivity index (χ0v) is 10.1. The van der Waals surface area contributed by atoms with E-state index >= 15 is 0 Å². The molecule has 1 aromatic heterocycles. The fourth-order valence-electron chi connectivity index (χ4n) is 1.52. The molecule has 1 heterocycles. The Bertz CT molecular complexity index is 351. The Morgan fingerprint density at radius 1 is 1.59 bits per heavy atom. The summed E-state index contributed by atoms with van der Waals surface area (Å²) in [4.78, 5) is 14.9. The average Bonchev–Trinajstić information content (AvgIpc) is 2.34. The van der Waals surface area contributed by atoms with Gasteiger partial charge < -0.3 is 15.2 Å². The van der Waals surface area contributed by atoms with Crippen LogP contribution in [0.1, 0.15) is 31.4 Å². The van der Waals surface area contributed by atoms with Crippen LogP contribution in [0.3, 0.4) is 0 Å². The van der Waals surface area contributed by atoms with Crippen molar-refractivity contribution >= 4 is 5.97 Å². The molecule has 0 aliphatic heterocycles. The number of carboxylic acid groups (broad SMARTS) is 1. The van der Waals surface area contributed by atoms with E-state index in [4.69, 9.17) is 9.84 Å². The molecule has 0 aliphatic rings. The Hall–Kier alpha value is -1.62. The Balaban J connectivity index is 2.75. The molecule has 1 rings (SSSR count). The first-order valence-electron chi connectivity index (χ1n) is 5.62. The van der Waals surface area contributed by atoms with Crippen LogP contribution in [-0.4, -0.2) is 29.7 Å². The van der Waals surface area contributed by atoms with Gasteiger partial charge in [-0.15, -0.1) is 0 Å². The molecule has 0 radical (unpaired) electrons. The summed E-state index contributed by atoms with van der Waals surface area (Å²) < 4.78 is 4.96. The Morgan fingerprint density at radius 2 is 2.35 bits per heavy atom. The van der Waals surface area contributed by atoms with Crippen LogP contribution in [0, 0.1) is 0 Å². The van der Waals surface area contributed by atoms with Crippen LogP contribution >= 0.6 is 0 Å². The maximum atomic E-state index is 10.8. The van der Waals surface area contributed by atoms with E-state index in [2.05, 4.69) is 10.3 Å². The monoisotopic (exact) mass is 238 g/mol. The van der Waals surface area contributed by atoms with Crippen LogP contribution in [0.15, 0.2) is 18.3 Å². The predicted octanol–water partition coefficient (Wildman–Crippen LogP) is 1.61. The Labute approximate surface area is 101 Å². The lowest BCUT2D eigenvalue weighted by molar-refractivity contribution is -0.137. The average molecular weight is 238 g/mol. The van der Waals surface area contributed by atoms with Gasteiger partial charge in [0.2, 0.25) is 5.88 Å². The lowest BCUT2D eigenvalue weighted by Gasteiger charge is -2.16. The van der Waals surface area contributed by atoms with Crippen molar-refractivity contribution < 1.29 is 14.6 Å². The highest BCUT2D eigenvalue weighted by molar-refractivity contribution is 5.67. The third-order valence-corrected chi connectivity index (χ3v) is 2.39. The number of nitrogens with one attached hydrogen (secondary N) is 1. The van der Waals surface area contributed by atoms with Gasteiger partial charge in [0.25, 0.3) is 0 Å². The van der Waals surface area contributed by atoms with Crippen molar-refractivity contribution in [2.24, 2.45) is 0 Å². The summed E-state index contributed by atoms with van der Waals surface area (Å²) in [7, 11) is 1.55. The smallest absolute Gasteiger partial charge is 0.305 e. The molecule has 1 atom stereocenters. The minimum absolute atomic E-state index is 0.0496.